The first-order valence-corrected chi connectivity index (χ1v) is 7.20. The molecular formula is C16H13FN4O5. The number of halogens is 1. The van der Waals surface area contributed by atoms with Gasteiger partial charge < -0.3 is 10.4 Å². The topological polar surface area (TPSA) is 134 Å². The van der Waals surface area contributed by atoms with Crippen molar-refractivity contribution in [3.05, 3.63) is 69.5 Å². The fourth-order valence-electron chi connectivity index (χ4n) is 1.86. The smallest absolute Gasteiger partial charge is 0.270 e. The van der Waals surface area contributed by atoms with Gasteiger partial charge in [-0.15, -0.1) is 0 Å². The molecule has 2 aromatic rings. The highest BCUT2D eigenvalue weighted by Crippen LogP contribution is 2.21. The first kappa shape index (κ1) is 18.5. The standard InChI is InChI=1S/C16H13FN4O5/c17-12-3-1-2-10(6-12)16(24)18-9-15(23)20-19-8-11-7-13(21(25)26)4-5-14(11)22/h1-8,22H,9H2,(H,18,24)(H,20,23)/b19-8-. The fraction of sp³-hybridized carbons (Fsp3) is 0.0625. The number of non-ortho nitro benzene ring substituents is 1. The van der Waals surface area contributed by atoms with Crippen molar-refractivity contribution in [1.82, 2.24) is 10.7 Å². The minimum absolute atomic E-state index is 0.0308. The Kier molecular flexibility index (Phi) is 5.93. The first-order valence-electron chi connectivity index (χ1n) is 7.20. The van der Waals surface area contributed by atoms with Gasteiger partial charge in [-0.25, -0.2) is 9.82 Å². The number of phenols is 1. The monoisotopic (exact) mass is 360 g/mol. The molecule has 10 heteroatoms. The molecule has 0 heterocycles. The number of benzene rings is 2. The molecule has 9 nitrogen and oxygen atoms in total. The molecule has 0 atom stereocenters. The highest BCUT2D eigenvalue weighted by atomic mass is 19.1. The predicted octanol–water partition coefficient (Wildman–Crippen LogP) is 1.32. The van der Waals surface area contributed by atoms with Crippen LogP contribution < -0.4 is 10.7 Å². The zero-order chi connectivity index (χ0) is 19.1. The second-order valence-electron chi connectivity index (χ2n) is 4.99. The third-order valence-corrected chi connectivity index (χ3v) is 3.11. The highest BCUT2D eigenvalue weighted by Gasteiger charge is 2.10. The van der Waals surface area contributed by atoms with Crippen LogP contribution in [-0.2, 0) is 4.79 Å². The molecule has 134 valence electrons. The number of nitro benzene ring substituents is 1. The average Bonchev–Trinajstić information content (AvgIpc) is 2.61. The van der Waals surface area contributed by atoms with Gasteiger partial charge >= 0.3 is 0 Å². The van der Waals surface area contributed by atoms with E-state index >= 15 is 0 Å². The van der Waals surface area contributed by atoms with Gasteiger partial charge in [0.1, 0.15) is 11.6 Å². The molecule has 0 bridgehead atoms. The number of aromatic hydroxyl groups is 1. The molecular weight excluding hydrogens is 347 g/mol. The van der Waals surface area contributed by atoms with Crippen LogP contribution in [0, 0.1) is 15.9 Å². The van der Waals surface area contributed by atoms with Gasteiger partial charge in [0.25, 0.3) is 17.5 Å². The number of nitro groups is 1. The van der Waals surface area contributed by atoms with Crippen LogP contribution >= 0.6 is 0 Å². The molecule has 0 aliphatic rings. The van der Waals surface area contributed by atoms with Crippen LogP contribution in [0.25, 0.3) is 0 Å². The Balaban J connectivity index is 1.89. The second kappa shape index (κ2) is 8.33. The van der Waals surface area contributed by atoms with Crippen molar-refractivity contribution < 1.29 is 24.0 Å². The predicted molar refractivity (Wildman–Crippen MR) is 89.2 cm³/mol. The number of hydrazone groups is 1. The van der Waals surface area contributed by atoms with Gasteiger partial charge in [0.05, 0.1) is 17.7 Å². The zero-order valence-corrected chi connectivity index (χ0v) is 13.2. The molecule has 3 N–H and O–H groups in total. The van der Waals surface area contributed by atoms with E-state index in [0.29, 0.717) is 0 Å². The van der Waals surface area contributed by atoms with E-state index in [4.69, 9.17) is 0 Å². The Morgan fingerprint density at radius 1 is 1.27 bits per heavy atom. The van der Waals surface area contributed by atoms with Crippen LogP contribution in [0.15, 0.2) is 47.6 Å². The summed E-state index contributed by atoms with van der Waals surface area (Å²) in [5.41, 5.74) is 1.92. The van der Waals surface area contributed by atoms with Crippen LogP contribution in [0.4, 0.5) is 10.1 Å². The van der Waals surface area contributed by atoms with Gasteiger partial charge in [-0.1, -0.05) is 6.07 Å². The van der Waals surface area contributed by atoms with Gasteiger partial charge in [0, 0.05) is 23.3 Å². The Bertz CT molecular complexity index is 885. The maximum Gasteiger partial charge on any atom is 0.270 e. The van der Waals surface area contributed by atoms with Crippen molar-refractivity contribution in [2.75, 3.05) is 6.54 Å². The van der Waals surface area contributed by atoms with E-state index < -0.39 is 29.1 Å². The number of hydrogen-bond donors (Lipinski definition) is 3. The molecule has 0 saturated heterocycles. The van der Waals surface area contributed by atoms with E-state index in [0.717, 1.165) is 30.5 Å². The van der Waals surface area contributed by atoms with E-state index in [2.05, 4.69) is 15.8 Å². The molecule has 0 fully saturated rings. The molecule has 2 aromatic carbocycles. The van der Waals surface area contributed by atoms with Crippen molar-refractivity contribution >= 4 is 23.7 Å². The summed E-state index contributed by atoms with van der Waals surface area (Å²) < 4.78 is 13.0. The van der Waals surface area contributed by atoms with Crippen LogP contribution in [0.2, 0.25) is 0 Å². The number of nitrogens with one attached hydrogen (secondary N) is 2. The number of hydrogen-bond acceptors (Lipinski definition) is 6. The fourth-order valence-corrected chi connectivity index (χ4v) is 1.86. The minimum Gasteiger partial charge on any atom is -0.507 e. The summed E-state index contributed by atoms with van der Waals surface area (Å²) in [6, 6.07) is 8.28. The SMILES string of the molecule is O=C(CNC(=O)c1cccc(F)c1)N/N=C\c1cc([N+](=O)[O-])ccc1O. The van der Waals surface area contributed by atoms with Crippen molar-refractivity contribution in [2.24, 2.45) is 5.10 Å². The molecule has 0 unspecified atom stereocenters. The lowest BCUT2D eigenvalue weighted by molar-refractivity contribution is -0.384. The minimum atomic E-state index is -0.684. The van der Waals surface area contributed by atoms with Gasteiger partial charge in [-0.3, -0.25) is 19.7 Å². The number of rotatable bonds is 6. The molecule has 0 spiro atoms. The summed E-state index contributed by atoms with van der Waals surface area (Å²) in [7, 11) is 0. The van der Waals surface area contributed by atoms with Crippen LogP contribution in [0.5, 0.6) is 5.75 Å². The maximum absolute atomic E-state index is 13.0. The molecule has 2 amide bonds. The lowest BCUT2D eigenvalue weighted by atomic mass is 10.2. The largest absolute Gasteiger partial charge is 0.507 e. The van der Waals surface area contributed by atoms with Gasteiger partial charge in [0.2, 0.25) is 0 Å². The quantitative estimate of drug-likeness (QED) is 0.406. The Hall–Kier alpha value is -3.82. The van der Waals surface area contributed by atoms with Gasteiger partial charge in [-0.2, -0.15) is 5.10 Å². The Morgan fingerprint density at radius 3 is 2.73 bits per heavy atom. The van der Waals surface area contributed by atoms with E-state index in [1.165, 1.54) is 18.2 Å². The number of carbonyl (C=O) groups is 2. The van der Waals surface area contributed by atoms with Crippen molar-refractivity contribution in [2.45, 2.75) is 0 Å². The van der Waals surface area contributed by atoms with E-state index in [1.807, 2.05) is 0 Å². The molecule has 0 aliphatic heterocycles. The van der Waals surface area contributed by atoms with Crippen LogP contribution in [-0.4, -0.2) is 34.6 Å². The summed E-state index contributed by atoms with van der Waals surface area (Å²) in [6.07, 6.45) is 1.02. The van der Waals surface area contributed by atoms with Gasteiger partial charge in [-0.05, 0) is 24.3 Å². The van der Waals surface area contributed by atoms with Crippen molar-refractivity contribution in [3.8, 4) is 5.75 Å². The number of nitrogens with zero attached hydrogens (tertiary/aromatic N) is 2. The van der Waals surface area contributed by atoms with Crippen molar-refractivity contribution in [3.63, 3.8) is 0 Å². The third-order valence-electron chi connectivity index (χ3n) is 3.11. The summed E-state index contributed by atoms with van der Waals surface area (Å²) in [5, 5.41) is 26.1. The van der Waals surface area contributed by atoms with Crippen molar-refractivity contribution in [1.29, 1.82) is 0 Å². The Labute approximate surface area is 146 Å². The van der Waals surface area contributed by atoms with E-state index in [9.17, 15) is 29.2 Å². The lowest BCUT2D eigenvalue weighted by Gasteiger charge is -2.04. The average molecular weight is 360 g/mol. The van der Waals surface area contributed by atoms with E-state index in [-0.39, 0.29) is 22.6 Å². The normalized spacial score (nSPS) is 10.5. The lowest BCUT2D eigenvalue weighted by Crippen LogP contribution is -2.34. The second-order valence-corrected chi connectivity index (χ2v) is 4.99. The summed E-state index contributed by atoms with van der Waals surface area (Å²) >= 11 is 0. The maximum atomic E-state index is 13.0. The number of phenolic OH excluding ortho intramolecular Hbond substituents is 1. The summed E-state index contributed by atoms with van der Waals surface area (Å²) in [5.74, 6) is -2.16. The molecule has 26 heavy (non-hydrogen) atoms. The van der Waals surface area contributed by atoms with Gasteiger partial charge in [0.15, 0.2) is 0 Å². The van der Waals surface area contributed by atoms with Crippen LogP contribution in [0.3, 0.4) is 0 Å². The zero-order valence-electron chi connectivity index (χ0n) is 13.2. The molecule has 0 aromatic heterocycles. The number of carbonyl (C=O) groups excluding carboxylic acids is 2. The highest BCUT2D eigenvalue weighted by molar-refractivity contribution is 5.96. The van der Waals surface area contributed by atoms with Crippen LogP contribution in [0.1, 0.15) is 15.9 Å². The summed E-state index contributed by atoms with van der Waals surface area (Å²) in [4.78, 5) is 33.4. The Morgan fingerprint density at radius 2 is 2.04 bits per heavy atom. The third kappa shape index (κ3) is 5.09. The number of amides is 2. The summed E-state index contributed by atoms with van der Waals surface area (Å²) in [6.45, 7) is -0.423. The molecule has 0 radical (unpaired) electrons. The first-order chi connectivity index (χ1) is 12.4. The molecule has 0 saturated carbocycles. The molecule has 2 rings (SSSR count). The molecule has 0 aliphatic carbocycles. The van der Waals surface area contributed by atoms with E-state index in [1.54, 1.807) is 0 Å².